The molecule has 2 atom stereocenters. The van der Waals surface area contributed by atoms with Gasteiger partial charge in [0.15, 0.2) is 5.78 Å². The minimum Gasteiger partial charge on any atom is -0.373 e. The average Bonchev–Trinajstić information content (AvgIpc) is 2.30. The predicted molar refractivity (Wildman–Crippen MR) is 41.2 cm³/mol. The van der Waals surface area contributed by atoms with Gasteiger partial charge in [0, 0.05) is 18.6 Å². The normalized spacial score (nSPS) is 37.5. The average molecular weight is 152 g/mol. The molecule has 2 rings (SSSR count). The number of ketones is 1. The maximum Gasteiger partial charge on any atom is 0.161 e. The third-order valence-corrected chi connectivity index (χ3v) is 2.59. The van der Waals surface area contributed by atoms with Crippen LogP contribution in [0.25, 0.3) is 0 Å². The standard InChI is InChI=1S/C9H12O2/c1-6-8(10)5-7-3-2-4-11-9(6)7/h7,9H,1-5H2. The molecule has 2 aliphatic rings. The van der Waals surface area contributed by atoms with E-state index in [1.54, 1.807) is 0 Å². The second-order valence-electron chi connectivity index (χ2n) is 3.35. The maximum atomic E-state index is 11.2. The van der Waals surface area contributed by atoms with Crippen LogP contribution < -0.4 is 0 Å². The van der Waals surface area contributed by atoms with Crippen LogP contribution >= 0.6 is 0 Å². The molecular formula is C9H12O2. The van der Waals surface area contributed by atoms with Crippen LogP contribution in [-0.4, -0.2) is 18.5 Å². The molecule has 0 radical (unpaired) electrons. The Labute approximate surface area is 66.2 Å². The molecule has 0 aromatic rings. The fourth-order valence-electron chi connectivity index (χ4n) is 1.97. The third-order valence-electron chi connectivity index (χ3n) is 2.59. The van der Waals surface area contributed by atoms with Crippen LogP contribution in [0.3, 0.4) is 0 Å². The first-order valence-electron chi connectivity index (χ1n) is 4.12. The highest BCUT2D eigenvalue weighted by atomic mass is 16.5. The SMILES string of the molecule is C=C1C(=O)CC2CCCOC12. The summed E-state index contributed by atoms with van der Waals surface area (Å²) in [5, 5.41) is 0. The van der Waals surface area contributed by atoms with Gasteiger partial charge in [0.25, 0.3) is 0 Å². The lowest BCUT2D eigenvalue weighted by Crippen LogP contribution is -2.25. The zero-order chi connectivity index (χ0) is 7.84. The lowest BCUT2D eigenvalue weighted by molar-refractivity contribution is -0.114. The Balaban J connectivity index is 2.18. The summed E-state index contributed by atoms with van der Waals surface area (Å²) in [6, 6.07) is 0. The highest BCUT2D eigenvalue weighted by molar-refractivity contribution is 5.98. The van der Waals surface area contributed by atoms with Gasteiger partial charge in [0.2, 0.25) is 0 Å². The first-order valence-corrected chi connectivity index (χ1v) is 4.12. The number of hydrogen-bond acceptors (Lipinski definition) is 2. The minimum atomic E-state index is 0.0660. The number of rotatable bonds is 0. The molecule has 2 heteroatoms. The molecule has 0 spiro atoms. The van der Waals surface area contributed by atoms with E-state index in [-0.39, 0.29) is 11.9 Å². The summed E-state index contributed by atoms with van der Waals surface area (Å²) in [5.74, 6) is 0.658. The van der Waals surface area contributed by atoms with E-state index in [9.17, 15) is 4.79 Å². The van der Waals surface area contributed by atoms with Crippen molar-refractivity contribution in [3.8, 4) is 0 Å². The van der Waals surface area contributed by atoms with Gasteiger partial charge < -0.3 is 4.74 Å². The largest absolute Gasteiger partial charge is 0.373 e. The molecule has 1 aliphatic carbocycles. The molecule has 2 nitrogen and oxygen atoms in total. The Hall–Kier alpha value is -0.630. The molecule has 0 aromatic carbocycles. The lowest BCUT2D eigenvalue weighted by atomic mass is 9.97. The molecular weight excluding hydrogens is 140 g/mol. The topological polar surface area (TPSA) is 26.3 Å². The van der Waals surface area contributed by atoms with Crippen molar-refractivity contribution in [1.29, 1.82) is 0 Å². The summed E-state index contributed by atoms with van der Waals surface area (Å²) in [6.07, 6.45) is 2.97. The predicted octanol–water partition coefficient (Wildman–Crippen LogP) is 1.31. The van der Waals surface area contributed by atoms with Gasteiger partial charge in [-0.2, -0.15) is 0 Å². The number of Topliss-reactive ketones (excluding diaryl/α,β-unsaturated/α-hetero) is 1. The number of fused-ring (bicyclic) bond motifs is 1. The van der Waals surface area contributed by atoms with Crippen molar-refractivity contribution in [2.45, 2.75) is 25.4 Å². The Bertz CT molecular complexity index is 208. The summed E-state index contributed by atoms with van der Waals surface area (Å²) in [7, 11) is 0. The van der Waals surface area contributed by atoms with Gasteiger partial charge in [-0.3, -0.25) is 4.79 Å². The van der Waals surface area contributed by atoms with E-state index in [0.717, 1.165) is 19.4 Å². The van der Waals surface area contributed by atoms with Gasteiger partial charge in [0.1, 0.15) is 0 Å². The second-order valence-corrected chi connectivity index (χ2v) is 3.35. The zero-order valence-electron chi connectivity index (χ0n) is 6.51. The Kier molecular flexibility index (Phi) is 1.57. The van der Waals surface area contributed by atoms with E-state index in [2.05, 4.69) is 6.58 Å². The van der Waals surface area contributed by atoms with Gasteiger partial charge in [-0.25, -0.2) is 0 Å². The molecule has 0 bridgehead atoms. The molecule has 2 fully saturated rings. The number of carbonyl (C=O) groups excluding carboxylic acids is 1. The number of carbonyl (C=O) groups is 1. The molecule has 0 amide bonds. The summed E-state index contributed by atoms with van der Waals surface area (Å²) >= 11 is 0. The zero-order valence-corrected chi connectivity index (χ0v) is 6.51. The van der Waals surface area contributed by atoms with Crippen LogP contribution in [0.5, 0.6) is 0 Å². The van der Waals surface area contributed by atoms with Crippen molar-refractivity contribution in [3.05, 3.63) is 12.2 Å². The fraction of sp³-hybridized carbons (Fsp3) is 0.667. The highest BCUT2D eigenvalue weighted by Crippen LogP contribution is 2.35. The van der Waals surface area contributed by atoms with E-state index < -0.39 is 0 Å². The molecule has 1 saturated heterocycles. The van der Waals surface area contributed by atoms with Crippen molar-refractivity contribution < 1.29 is 9.53 Å². The van der Waals surface area contributed by atoms with E-state index >= 15 is 0 Å². The summed E-state index contributed by atoms with van der Waals surface area (Å²) in [6.45, 7) is 4.54. The van der Waals surface area contributed by atoms with Crippen molar-refractivity contribution in [2.75, 3.05) is 6.61 Å². The van der Waals surface area contributed by atoms with Crippen molar-refractivity contribution in [1.82, 2.24) is 0 Å². The van der Waals surface area contributed by atoms with E-state index in [4.69, 9.17) is 4.74 Å². The Morgan fingerprint density at radius 3 is 3.09 bits per heavy atom. The fourth-order valence-corrected chi connectivity index (χ4v) is 1.97. The summed E-state index contributed by atoms with van der Waals surface area (Å²) < 4.78 is 5.46. The monoisotopic (exact) mass is 152 g/mol. The van der Waals surface area contributed by atoms with Gasteiger partial charge in [-0.05, 0) is 18.8 Å². The quantitative estimate of drug-likeness (QED) is 0.489. The molecule has 1 aliphatic heterocycles. The Morgan fingerprint density at radius 1 is 1.55 bits per heavy atom. The van der Waals surface area contributed by atoms with E-state index in [1.165, 1.54) is 0 Å². The van der Waals surface area contributed by atoms with E-state index in [1.807, 2.05) is 0 Å². The van der Waals surface area contributed by atoms with Crippen LogP contribution in [-0.2, 0) is 9.53 Å². The molecule has 1 saturated carbocycles. The first-order chi connectivity index (χ1) is 5.29. The van der Waals surface area contributed by atoms with Gasteiger partial charge in [0.05, 0.1) is 6.10 Å². The third kappa shape index (κ3) is 1.02. The van der Waals surface area contributed by atoms with Crippen LogP contribution in [0.4, 0.5) is 0 Å². The number of ether oxygens (including phenoxy) is 1. The van der Waals surface area contributed by atoms with Gasteiger partial charge in [-0.1, -0.05) is 6.58 Å². The molecule has 2 unspecified atom stereocenters. The van der Waals surface area contributed by atoms with Crippen LogP contribution in [0.1, 0.15) is 19.3 Å². The smallest absolute Gasteiger partial charge is 0.161 e. The van der Waals surface area contributed by atoms with Gasteiger partial charge >= 0.3 is 0 Å². The van der Waals surface area contributed by atoms with Gasteiger partial charge in [-0.15, -0.1) is 0 Å². The van der Waals surface area contributed by atoms with Crippen molar-refractivity contribution in [3.63, 3.8) is 0 Å². The van der Waals surface area contributed by atoms with E-state index in [0.29, 0.717) is 17.9 Å². The molecule has 0 aromatic heterocycles. The molecule has 1 heterocycles. The summed E-state index contributed by atoms with van der Waals surface area (Å²) in [5.41, 5.74) is 0.703. The minimum absolute atomic E-state index is 0.0660. The maximum absolute atomic E-state index is 11.2. The summed E-state index contributed by atoms with van der Waals surface area (Å²) in [4.78, 5) is 11.2. The van der Waals surface area contributed by atoms with Crippen LogP contribution in [0, 0.1) is 5.92 Å². The Morgan fingerprint density at radius 2 is 2.36 bits per heavy atom. The number of hydrogen-bond donors (Lipinski definition) is 0. The first kappa shape index (κ1) is 7.04. The highest BCUT2D eigenvalue weighted by Gasteiger charge is 2.38. The van der Waals surface area contributed by atoms with Crippen LogP contribution in [0.15, 0.2) is 12.2 Å². The van der Waals surface area contributed by atoms with Crippen molar-refractivity contribution >= 4 is 5.78 Å². The molecule has 60 valence electrons. The van der Waals surface area contributed by atoms with Crippen molar-refractivity contribution in [2.24, 2.45) is 5.92 Å². The molecule has 0 N–H and O–H groups in total. The second kappa shape index (κ2) is 2.45. The lowest BCUT2D eigenvalue weighted by Gasteiger charge is -2.24. The van der Waals surface area contributed by atoms with Crippen LogP contribution in [0.2, 0.25) is 0 Å². The molecule has 11 heavy (non-hydrogen) atoms.